The predicted octanol–water partition coefficient (Wildman–Crippen LogP) is 3.45. The lowest BCUT2D eigenvalue weighted by Gasteiger charge is -2.16. The van der Waals surface area contributed by atoms with Crippen LogP contribution in [0.15, 0.2) is 41.1 Å². The molecular formula is C15H20N2S. The zero-order valence-corrected chi connectivity index (χ0v) is 11.5. The van der Waals surface area contributed by atoms with E-state index in [4.69, 9.17) is 5.84 Å². The van der Waals surface area contributed by atoms with Crippen LogP contribution >= 0.6 is 11.3 Å². The number of hydrogen-bond acceptors (Lipinski definition) is 3. The van der Waals surface area contributed by atoms with E-state index in [-0.39, 0.29) is 6.04 Å². The van der Waals surface area contributed by atoms with Gasteiger partial charge in [0.1, 0.15) is 0 Å². The van der Waals surface area contributed by atoms with Crippen molar-refractivity contribution >= 4 is 11.3 Å². The van der Waals surface area contributed by atoms with E-state index in [1.807, 2.05) is 0 Å². The zero-order valence-electron chi connectivity index (χ0n) is 10.7. The molecule has 0 spiro atoms. The average Bonchev–Trinajstić information content (AvgIpc) is 2.89. The normalized spacial score (nSPS) is 12.6. The number of benzene rings is 1. The van der Waals surface area contributed by atoms with Crippen molar-refractivity contribution in [3.8, 4) is 0 Å². The third-order valence-corrected chi connectivity index (χ3v) is 3.85. The summed E-state index contributed by atoms with van der Waals surface area (Å²) in [6.07, 6.45) is 3.24. The number of nitrogens with two attached hydrogens (primary N) is 1. The van der Waals surface area contributed by atoms with Crippen molar-refractivity contribution < 1.29 is 0 Å². The molecule has 1 aromatic heterocycles. The number of thiophene rings is 1. The van der Waals surface area contributed by atoms with E-state index in [2.05, 4.69) is 53.4 Å². The van der Waals surface area contributed by atoms with Gasteiger partial charge in [0.05, 0.1) is 6.04 Å². The maximum Gasteiger partial charge on any atom is 0.0500 e. The van der Waals surface area contributed by atoms with Gasteiger partial charge in [-0.15, -0.1) is 0 Å². The van der Waals surface area contributed by atoms with E-state index in [0.29, 0.717) is 0 Å². The molecule has 0 aliphatic rings. The summed E-state index contributed by atoms with van der Waals surface area (Å²) < 4.78 is 0. The molecule has 2 nitrogen and oxygen atoms in total. The van der Waals surface area contributed by atoms with Crippen LogP contribution in [0.1, 0.15) is 36.1 Å². The molecule has 0 amide bonds. The SMILES string of the molecule is CCCc1cccc(C(Cc2ccsc2)NN)c1. The monoisotopic (exact) mass is 260 g/mol. The Morgan fingerprint density at radius 3 is 2.83 bits per heavy atom. The van der Waals surface area contributed by atoms with Gasteiger partial charge in [-0.25, -0.2) is 0 Å². The highest BCUT2D eigenvalue weighted by molar-refractivity contribution is 7.07. The molecule has 1 aromatic carbocycles. The van der Waals surface area contributed by atoms with Crippen LogP contribution in [0.3, 0.4) is 0 Å². The van der Waals surface area contributed by atoms with Crippen LogP contribution in [-0.4, -0.2) is 0 Å². The first-order valence-corrected chi connectivity index (χ1v) is 7.33. The van der Waals surface area contributed by atoms with E-state index < -0.39 is 0 Å². The number of rotatable bonds is 6. The molecule has 0 bridgehead atoms. The summed E-state index contributed by atoms with van der Waals surface area (Å²) in [7, 11) is 0. The maximum atomic E-state index is 5.70. The lowest BCUT2D eigenvalue weighted by atomic mass is 9.98. The summed E-state index contributed by atoms with van der Waals surface area (Å²) in [5.41, 5.74) is 6.93. The van der Waals surface area contributed by atoms with Crippen LogP contribution in [0, 0.1) is 0 Å². The first-order valence-electron chi connectivity index (χ1n) is 6.39. The van der Waals surface area contributed by atoms with Crippen molar-refractivity contribution in [2.24, 2.45) is 5.84 Å². The summed E-state index contributed by atoms with van der Waals surface area (Å²) in [5.74, 6) is 5.70. The maximum absolute atomic E-state index is 5.70. The molecule has 0 aliphatic heterocycles. The fourth-order valence-corrected chi connectivity index (χ4v) is 2.85. The summed E-state index contributed by atoms with van der Waals surface area (Å²) >= 11 is 1.73. The largest absolute Gasteiger partial charge is 0.271 e. The van der Waals surface area contributed by atoms with Gasteiger partial charge in [0.15, 0.2) is 0 Å². The molecule has 0 fully saturated rings. The number of hydrogen-bond donors (Lipinski definition) is 2. The van der Waals surface area contributed by atoms with Crippen molar-refractivity contribution in [2.45, 2.75) is 32.2 Å². The van der Waals surface area contributed by atoms with Gasteiger partial charge in [-0.2, -0.15) is 11.3 Å². The van der Waals surface area contributed by atoms with E-state index in [1.54, 1.807) is 11.3 Å². The van der Waals surface area contributed by atoms with Crippen molar-refractivity contribution in [3.05, 3.63) is 57.8 Å². The first kappa shape index (κ1) is 13.3. The number of aryl methyl sites for hydroxylation is 1. The Morgan fingerprint density at radius 1 is 1.28 bits per heavy atom. The fraction of sp³-hybridized carbons (Fsp3) is 0.333. The second kappa shape index (κ2) is 6.69. The molecule has 0 radical (unpaired) electrons. The van der Waals surface area contributed by atoms with Gasteiger partial charge in [-0.05, 0) is 46.4 Å². The summed E-state index contributed by atoms with van der Waals surface area (Å²) in [6.45, 7) is 2.21. The zero-order chi connectivity index (χ0) is 12.8. The van der Waals surface area contributed by atoms with Crippen LogP contribution in [0.2, 0.25) is 0 Å². The third-order valence-electron chi connectivity index (χ3n) is 3.11. The molecule has 3 heteroatoms. The summed E-state index contributed by atoms with van der Waals surface area (Å²) in [6, 6.07) is 11.1. The molecule has 0 saturated carbocycles. The van der Waals surface area contributed by atoms with Gasteiger partial charge in [0, 0.05) is 0 Å². The Labute approximate surface area is 113 Å². The molecule has 3 N–H and O–H groups in total. The smallest absolute Gasteiger partial charge is 0.0500 e. The van der Waals surface area contributed by atoms with Crippen molar-refractivity contribution in [1.82, 2.24) is 5.43 Å². The van der Waals surface area contributed by atoms with Crippen LogP contribution in [0.25, 0.3) is 0 Å². The lowest BCUT2D eigenvalue weighted by Crippen LogP contribution is -2.29. The van der Waals surface area contributed by atoms with Crippen LogP contribution in [-0.2, 0) is 12.8 Å². The molecule has 0 saturated heterocycles. The molecule has 2 aromatic rings. The Balaban J connectivity index is 2.13. The van der Waals surface area contributed by atoms with Gasteiger partial charge in [-0.3, -0.25) is 11.3 Å². The Bertz CT molecular complexity index is 465. The highest BCUT2D eigenvalue weighted by Gasteiger charge is 2.11. The first-order chi connectivity index (χ1) is 8.83. The molecule has 96 valence electrons. The highest BCUT2D eigenvalue weighted by Crippen LogP contribution is 2.20. The minimum Gasteiger partial charge on any atom is -0.271 e. The van der Waals surface area contributed by atoms with E-state index in [9.17, 15) is 0 Å². The molecule has 1 heterocycles. The van der Waals surface area contributed by atoms with Crippen molar-refractivity contribution in [1.29, 1.82) is 0 Å². The highest BCUT2D eigenvalue weighted by atomic mass is 32.1. The Hall–Kier alpha value is -1.16. The minimum atomic E-state index is 0.191. The van der Waals surface area contributed by atoms with E-state index >= 15 is 0 Å². The standard InChI is InChI=1S/C15H20N2S/c1-2-4-12-5-3-6-14(9-12)15(17-16)10-13-7-8-18-11-13/h3,5-9,11,15,17H,2,4,10,16H2,1H3. The minimum absolute atomic E-state index is 0.191. The molecule has 1 atom stereocenters. The van der Waals surface area contributed by atoms with E-state index in [1.165, 1.54) is 23.1 Å². The van der Waals surface area contributed by atoms with Gasteiger partial charge < -0.3 is 0 Å². The fourth-order valence-electron chi connectivity index (χ4n) is 2.17. The molecule has 2 rings (SSSR count). The van der Waals surface area contributed by atoms with Crippen molar-refractivity contribution in [2.75, 3.05) is 0 Å². The Kier molecular flexibility index (Phi) is 4.93. The van der Waals surface area contributed by atoms with Crippen molar-refractivity contribution in [3.63, 3.8) is 0 Å². The molecule has 18 heavy (non-hydrogen) atoms. The van der Waals surface area contributed by atoms with E-state index in [0.717, 1.165) is 12.8 Å². The predicted molar refractivity (Wildman–Crippen MR) is 78.5 cm³/mol. The number of hydrazine groups is 1. The second-order valence-corrected chi connectivity index (χ2v) is 5.33. The molecule has 1 unspecified atom stereocenters. The van der Waals surface area contributed by atoms with Crippen LogP contribution in [0.5, 0.6) is 0 Å². The van der Waals surface area contributed by atoms with Gasteiger partial charge in [-0.1, -0.05) is 37.6 Å². The van der Waals surface area contributed by atoms with Crippen LogP contribution < -0.4 is 11.3 Å². The average molecular weight is 260 g/mol. The third kappa shape index (κ3) is 3.42. The second-order valence-electron chi connectivity index (χ2n) is 4.55. The summed E-state index contributed by atoms with van der Waals surface area (Å²) in [5, 5.41) is 4.29. The van der Waals surface area contributed by atoms with Gasteiger partial charge >= 0.3 is 0 Å². The number of nitrogens with one attached hydrogen (secondary N) is 1. The Morgan fingerprint density at radius 2 is 2.17 bits per heavy atom. The summed E-state index contributed by atoms with van der Waals surface area (Å²) in [4.78, 5) is 0. The van der Waals surface area contributed by atoms with Crippen LogP contribution in [0.4, 0.5) is 0 Å². The quantitative estimate of drug-likeness (QED) is 0.616. The lowest BCUT2D eigenvalue weighted by molar-refractivity contribution is 0.552. The molecule has 0 aliphatic carbocycles. The topological polar surface area (TPSA) is 38.0 Å². The van der Waals surface area contributed by atoms with Gasteiger partial charge in [0.25, 0.3) is 0 Å². The van der Waals surface area contributed by atoms with Gasteiger partial charge in [0.2, 0.25) is 0 Å². The molecular weight excluding hydrogens is 240 g/mol.